The average Bonchev–Trinajstić information content (AvgIpc) is 2.67. The number of alkyl halides is 3. The molecule has 1 atom stereocenters. The highest BCUT2D eigenvalue weighted by Gasteiger charge is 2.31. The summed E-state index contributed by atoms with van der Waals surface area (Å²) in [7, 11) is 1.47. The molecule has 7 nitrogen and oxygen atoms in total. The molecule has 162 valence electrons. The lowest BCUT2D eigenvalue weighted by atomic mass is 10.2. The Morgan fingerprint density at radius 3 is 2.47 bits per heavy atom. The number of rotatable bonds is 7. The molecule has 1 unspecified atom stereocenters. The fraction of sp³-hybridized carbons (Fsp3) is 0.316. The summed E-state index contributed by atoms with van der Waals surface area (Å²) in [4.78, 5) is 24.1. The number of hydrogen-bond donors (Lipinski definition) is 0. The number of nitrogens with zero attached hydrogens (tertiary/aromatic N) is 2. The van der Waals surface area contributed by atoms with E-state index >= 15 is 0 Å². The zero-order valence-corrected chi connectivity index (χ0v) is 17.0. The van der Waals surface area contributed by atoms with Gasteiger partial charge >= 0.3 is 12.1 Å². The molecule has 0 saturated heterocycles. The van der Waals surface area contributed by atoms with E-state index in [0.717, 1.165) is 24.3 Å². The van der Waals surface area contributed by atoms with E-state index in [1.54, 1.807) is 6.92 Å². The van der Waals surface area contributed by atoms with Gasteiger partial charge in [0.25, 0.3) is 5.69 Å². The maximum atomic E-state index is 12.8. The maximum absolute atomic E-state index is 12.8. The van der Waals surface area contributed by atoms with Gasteiger partial charge in [-0.05, 0) is 38.1 Å². The number of nitro groups is 1. The van der Waals surface area contributed by atoms with Crippen molar-refractivity contribution < 1.29 is 32.4 Å². The number of carbonyl (C=O) groups is 1. The summed E-state index contributed by atoms with van der Waals surface area (Å²) in [5.74, 6) is -0.558. The smallest absolute Gasteiger partial charge is 0.416 e. The number of anilines is 1. The fourth-order valence-electron chi connectivity index (χ4n) is 2.52. The first-order valence-electron chi connectivity index (χ1n) is 8.68. The van der Waals surface area contributed by atoms with Gasteiger partial charge in [-0.15, -0.1) is 0 Å². The van der Waals surface area contributed by atoms with Crippen molar-refractivity contribution in [1.29, 1.82) is 0 Å². The van der Waals surface area contributed by atoms with Gasteiger partial charge in [-0.3, -0.25) is 10.1 Å². The predicted octanol–water partition coefficient (Wildman–Crippen LogP) is 5.45. The van der Waals surface area contributed by atoms with Crippen LogP contribution >= 0.6 is 11.6 Å². The summed E-state index contributed by atoms with van der Waals surface area (Å²) >= 11 is 5.89. The average molecular weight is 447 g/mol. The van der Waals surface area contributed by atoms with Crippen molar-refractivity contribution in [3.05, 3.63) is 57.1 Å². The molecule has 2 rings (SSSR count). The number of benzene rings is 2. The zero-order valence-electron chi connectivity index (χ0n) is 16.2. The largest absolute Gasteiger partial charge is 0.464 e. The second kappa shape index (κ2) is 9.21. The standard InChI is InChI=1S/C19H18ClF3N2O5/c1-4-29-18(26)11(2)24(3)16-10-13(6-7-15(16)25(27)28)30-17-8-5-12(9-14(17)20)19(21,22)23/h5-11H,4H2,1-3H3. The van der Waals surface area contributed by atoms with Crippen LogP contribution in [0.3, 0.4) is 0 Å². The Balaban J connectivity index is 2.38. The highest BCUT2D eigenvalue weighted by atomic mass is 35.5. The van der Waals surface area contributed by atoms with Crippen LogP contribution < -0.4 is 9.64 Å². The van der Waals surface area contributed by atoms with Crippen LogP contribution in [0.2, 0.25) is 5.02 Å². The van der Waals surface area contributed by atoms with Crippen molar-refractivity contribution >= 4 is 28.9 Å². The minimum Gasteiger partial charge on any atom is -0.464 e. The van der Waals surface area contributed by atoms with Crippen LogP contribution in [0, 0.1) is 10.1 Å². The third kappa shape index (κ3) is 5.32. The topological polar surface area (TPSA) is 81.9 Å². The monoisotopic (exact) mass is 446 g/mol. The van der Waals surface area contributed by atoms with Crippen LogP contribution in [-0.4, -0.2) is 30.6 Å². The van der Waals surface area contributed by atoms with E-state index in [9.17, 15) is 28.1 Å². The number of esters is 1. The van der Waals surface area contributed by atoms with Gasteiger partial charge in [-0.1, -0.05) is 11.6 Å². The Kier molecular flexibility index (Phi) is 7.14. The van der Waals surface area contributed by atoms with E-state index < -0.39 is 28.7 Å². The quantitative estimate of drug-likeness (QED) is 0.319. The zero-order chi connectivity index (χ0) is 22.6. The molecular formula is C19H18ClF3N2O5. The van der Waals surface area contributed by atoms with Crippen LogP contribution in [0.4, 0.5) is 24.5 Å². The molecule has 0 aliphatic rings. The normalized spacial score (nSPS) is 12.2. The Bertz CT molecular complexity index is 952. The van der Waals surface area contributed by atoms with Crippen molar-refractivity contribution in [3.8, 4) is 11.5 Å². The van der Waals surface area contributed by atoms with Gasteiger partial charge < -0.3 is 14.4 Å². The van der Waals surface area contributed by atoms with E-state index in [1.807, 2.05) is 0 Å². The van der Waals surface area contributed by atoms with Crippen molar-refractivity contribution in [3.63, 3.8) is 0 Å². The third-order valence-electron chi connectivity index (χ3n) is 4.22. The summed E-state index contributed by atoms with van der Waals surface area (Å²) in [6.07, 6.45) is -4.56. The van der Waals surface area contributed by atoms with Gasteiger partial charge in [0.1, 0.15) is 23.2 Å². The van der Waals surface area contributed by atoms with Crippen LogP contribution in [0.5, 0.6) is 11.5 Å². The summed E-state index contributed by atoms with van der Waals surface area (Å²) in [6.45, 7) is 3.30. The lowest BCUT2D eigenvalue weighted by Gasteiger charge is -2.25. The van der Waals surface area contributed by atoms with Crippen LogP contribution in [0.15, 0.2) is 36.4 Å². The number of likely N-dealkylation sites (N-methyl/N-ethyl adjacent to an activating group) is 1. The number of nitro benzene ring substituents is 1. The van der Waals surface area contributed by atoms with Gasteiger partial charge in [-0.2, -0.15) is 13.2 Å². The van der Waals surface area contributed by atoms with Crippen LogP contribution in [0.1, 0.15) is 19.4 Å². The van der Waals surface area contributed by atoms with Crippen molar-refractivity contribution in [2.45, 2.75) is 26.1 Å². The van der Waals surface area contributed by atoms with E-state index in [-0.39, 0.29) is 34.5 Å². The van der Waals surface area contributed by atoms with Gasteiger partial charge in [0, 0.05) is 19.2 Å². The molecule has 0 N–H and O–H groups in total. The minimum atomic E-state index is -4.56. The molecule has 30 heavy (non-hydrogen) atoms. The number of carbonyl (C=O) groups excluding carboxylic acids is 1. The molecule has 0 fully saturated rings. The Morgan fingerprint density at radius 1 is 1.27 bits per heavy atom. The Morgan fingerprint density at radius 2 is 1.93 bits per heavy atom. The summed E-state index contributed by atoms with van der Waals surface area (Å²) in [6, 6.07) is 5.48. The SMILES string of the molecule is CCOC(=O)C(C)N(C)c1cc(Oc2ccc(C(F)(F)F)cc2Cl)ccc1[N+](=O)[O-]. The van der Waals surface area contributed by atoms with E-state index in [2.05, 4.69) is 0 Å². The maximum Gasteiger partial charge on any atom is 0.416 e. The lowest BCUT2D eigenvalue weighted by molar-refractivity contribution is -0.384. The number of halogens is 4. The first-order valence-corrected chi connectivity index (χ1v) is 9.06. The fourth-order valence-corrected chi connectivity index (χ4v) is 2.74. The summed E-state index contributed by atoms with van der Waals surface area (Å²) in [5.41, 5.74) is -1.17. The molecule has 0 bridgehead atoms. The molecule has 0 heterocycles. The second-order valence-corrected chi connectivity index (χ2v) is 6.60. The van der Waals surface area contributed by atoms with Gasteiger partial charge in [0.15, 0.2) is 0 Å². The molecule has 2 aromatic carbocycles. The van der Waals surface area contributed by atoms with Gasteiger partial charge in [0.05, 0.1) is 22.1 Å². The first-order chi connectivity index (χ1) is 14.0. The summed E-state index contributed by atoms with van der Waals surface area (Å²) < 4.78 is 48.8. The minimum absolute atomic E-state index is 0.0566. The molecule has 0 aliphatic carbocycles. The Hall–Kier alpha value is -3.01. The first kappa shape index (κ1) is 23.3. The highest BCUT2D eigenvalue weighted by molar-refractivity contribution is 6.32. The number of ether oxygens (including phenoxy) is 2. The lowest BCUT2D eigenvalue weighted by Crippen LogP contribution is -2.37. The van der Waals surface area contributed by atoms with Crippen molar-refractivity contribution in [2.75, 3.05) is 18.6 Å². The molecule has 11 heteroatoms. The van der Waals surface area contributed by atoms with Crippen molar-refractivity contribution in [2.24, 2.45) is 0 Å². The van der Waals surface area contributed by atoms with Crippen molar-refractivity contribution in [1.82, 2.24) is 0 Å². The highest BCUT2D eigenvalue weighted by Crippen LogP contribution is 2.38. The molecule has 0 radical (unpaired) electrons. The number of hydrogen-bond acceptors (Lipinski definition) is 6. The molecular weight excluding hydrogens is 429 g/mol. The summed E-state index contributed by atoms with van der Waals surface area (Å²) in [5, 5.41) is 11.1. The van der Waals surface area contributed by atoms with E-state index in [0.29, 0.717) is 0 Å². The molecule has 0 aliphatic heterocycles. The van der Waals surface area contributed by atoms with Crippen LogP contribution in [-0.2, 0) is 15.7 Å². The third-order valence-corrected chi connectivity index (χ3v) is 4.51. The van der Waals surface area contributed by atoms with Crippen LogP contribution in [0.25, 0.3) is 0 Å². The second-order valence-electron chi connectivity index (χ2n) is 6.19. The Labute approximate surface area is 175 Å². The van der Waals surface area contributed by atoms with Gasteiger partial charge in [0.2, 0.25) is 0 Å². The molecule has 0 saturated carbocycles. The molecule has 0 spiro atoms. The molecule has 0 aromatic heterocycles. The predicted molar refractivity (Wildman–Crippen MR) is 104 cm³/mol. The van der Waals surface area contributed by atoms with Gasteiger partial charge in [-0.25, -0.2) is 4.79 Å². The molecule has 0 amide bonds. The molecule has 2 aromatic rings. The van der Waals surface area contributed by atoms with E-state index in [4.69, 9.17) is 21.1 Å². The van der Waals surface area contributed by atoms with E-state index in [1.165, 1.54) is 31.0 Å².